The van der Waals surface area contributed by atoms with Crippen LogP contribution in [0.2, 0.25) is 0 Å². The van der Waals surface area contributed by atoms with Crippen molar-refractivity contribution in [1.82, 2.24) is 0 Å². The van der Waals surface area contributed by atoms with E-state index in [-0.39, 0.29) is 0 Å². The van der Waals surface area contributed by atoms with Crippen LogP contribution in [0.25, 0.3) is 0 Å². The fraction of sp³-hybridized carbons (Fsp3) is 0.647. The van der Waals surface area contributed by atoms with Gasteiger partial charge in [-0.05, 0) is 69.2 Å². The number of hydrogen-bond donors (Lipinski definition) is 0. The summed E-state index contributed by atoms with van der Waals surface area (Å²) < 4.78 is 18.4. The molecule has 2 aromatic carbocycles. The van der Waals surface area contributed by atoms with Crippen molar-refractivity contribution in [2.75, 3.05) is 13.2 Å². The largest absolute Gasteiger partial charge is 0.494 e. The highest BCUT2D eigenvalue weighted by molar-refractivity contribution is 5.21. The molecular weight excluding hydrogens is 456 g/mol. The molecule has 3 heteroatoms. The van der Waals surface area contributed by atoms with Gasteiger partial charge >= 0.3 is 0 Å². The first-order valence-electron chi connectivity index (χ1n) is 15.3. The molecule has 0 radical (unpaired) electrons. The smallest absolute Gasteiger partial charge is 0.119 e. The zero-order valence-electron chi connectivity index (χ0n) is 23.9. The van der Waals surface area contributed by atoms with Crippen molar-refractivity contribution in [3.63, 3.8) is 0 Å². The van der Waals surface area contributed by atoms with Crippen LogP contribution in [0.5, 0.6) is 11.5 Å². The van der Waals surface area contributed by atoms with E-state index >= 15 is 0 Å². The summed E-state index contributed by atoms with van der Waals surface area (Å²) in [5, 5.41) is 0. The lowest BCUT2D eigenvalue weighted by atomic mass is 10.0. The van der Waals surface area contributed by atoms with Crippen LogP contribution in [0, 0.1) is 0 Å². The fourth-order valence-electron chi connectivity index (χ4n) is 4.85. The Bertz CT molecular complexity index is 733. The van der Waals surface area contributed by atoms with Gasteiger partial charge in [0.1, 0.15) is 11.5 Å². The van der Waals surface area contributed by atoms with Gasteiger partial charge in [-0.1, -0.05) is 108 Å². The van der Waals surface area contributed by atoms with Crippen LogP contribution in [0.1, 0.15) is 117 Å². The number of unbranched alkanes of at least 4 members (excludes halogenated alkanes) is 8. The van der Waals surface area contributed by atoms with E-state index < -0.39 is 0 Å². The second kappa shape index (κ2) is 22.0. The molecule has 0 amide bonds. The van der Waals surface area contributed by atoms with Crippen LogP contribution in [0.15, 0.2) is 60.7 Å². The maximum atomic E-state index is 6.76. The summed E-state index contributed by atoms with van der Waals surface area (Å²) in [6.45, 7) is 6.21. The molecule has 0 fully saturated rings. The van der Waals surface area contributed by atoms with Crippen LogP contribution < -0.4 is 9.47 Å². The molecule has 0 N–H and O–H groups in total. The van der Waals surface area contributed by atoms with Gasteiger partial charge in [-0.2, -0.15) is 0 Å². The van der Waals surface area contributed by atoms with Gasteiger partial charge in [0.15, 0.2) is 0 Å². The average Bonchev–Trinajstić information content (AvgIpc) is 2.93. The van der Waals surface area contributed by atoms with E-state index in [0.717, 1.165) is 37.6 Å². The average molecular weight is 511 g/mol. The van der Waals surface area contributed by atoms with Gasteiger partial charge in [-0.25, -0.2) is 0 Å². The predicted octanol–water partition coefficient (Wildman–Crippen LogP) is 10.2. The SMILES string of the molecule is CCCCCC(CCCCCOc1ccccc1)OC(CCC)CCCCCCCOc1ccccc1. The van der Waals surface area contributed by atoms with Crippen molar-refractivity contribution in [1.29, 1.82) is 0 Å². The maximum Gasteiger partial charge on any atom is 0.119 e. The highest BCUT2D eigenvalue weighted by Gasteiger charge is 2.16. The minimum atomic E-state index is 0.424. The third-order valence-electron chi connectivity index (χ3n) is 6.99. The van der Waals surface area contributed by atoms with E-state index in [4.69, 9.17) is 14.2 Å². The monoisotopic (exact) mass is 510 g/mol. The molecule has 0 aliphatic heterocycles. The topological polar surface area (TPSA) is 27.7 Å². The Labute approximate surface area is 228 Å². The van der Waals surface area contributed by atoms with Gasteiger partial charge < -0.3 is 14.2 Å². The van der Waals surface area contributed by atoms with E-state index in [0.29, 0.717) is 12.2 Å². The molecule has 2 rings (SSSR count). The van der Waals surface area contributed by atoms with Crippen LogP contribution in [-0.2, 0) is 4.74 Å². The maximum absolute atomic E-state index is 6.76. The molecule has 0 saturated heterocycles. The molecule has 0 bridgehead atoms. The molecule has 0 aromatic heterocycles. The first kappa shape index (κ1) is 31.2. The molecule has 3 nitrogen and oxygen atoms in total. The van der Waals surface area contributed by atoms with E-state index in [9.17, 15) is 0 Å². The Hall–Kier alpha value is -2.00. The lowest BCUT2D eigenvalue weighted by Crippen LogP contribution is -2.22. The fourth-order valence-corrected chi connectivity index (χ4v) is 4.85. The van der Waals surface area contributed by atoms with Gasteiger partial charge in [0.25, 0.3) is 0 Å². The summed E-state index contributed by atoms with van der Waals surface area (Å²) in [6.07, 6.45) is 20.6. The summed E-state index contributed by atoms with van der Waals surface area (Å²) >= 11 is 0. The Morgan fingerprint density at radius 3 is 1.41 bits per heavy atom. The zero-order chi connectivity index (χ0) is 26.2. The standard InChI is InChI=1S/C34H54O3/c1-3-5-12-26-34(28-18-11-20-30-36-32-24-16-10-17-25-32)37-33(21-4-2)27-13-7-6-8-19-29-35-31-22-14-9-15-23-31/h9-10,14-17,22-25,33-34H,3-8,11-13,18-21,26-30H2,1-2H3. The van der Waals surface area contributed by atoms with Gasteiger partial charge in [-0.3, -0.25) is 0 Å². The third kappa shape index (κ3) is 16.5. The molecule has 0 saturated carbocycles. The van der Waals surface area contributed by atoms with Gasteiger partial charge in [0.05, 0.1) is 25.4 Å². The minimum Gasteiger partial charge on any atom is -0.494 e. The molecule has 2 unspecified atom stereocenters. The van der Waals surface area contributed by atoms with Crippen LogP contribution in [0.3, 0.4) is 0 Å². The van der Waals surface area contributed by atoms with Gasteiger partial charge in [0, 0.05) is 0 Å². The lowest BCUT2D eigenvalue weighted by molar-refractivity contribution is -0.0316. The van der Waals surface area contributed by atoms with Gasteiger partial charge in [-0.15, -0.1) is 0 Å². The predicted molar refractivity (Wildman–Crippen MR) is 158 cm³/mol. The van der Waals surface area contributed by atoms with E-state index in [1.165, 1.54) is 89.9 Å². The van der Waals surface area contributed by atoms with Crippen LogP contribution >= 0.6 is 0 Å². The van der Waals surface area contributed by atoms with Crippen molar-refractivity contribution in [3.8, 4) is 11.5 Å². The second-order valence-electron chi connectivity index (χ2n) is 10.4. The highest BCUT2D eigenvalue weighted by Crippen LogP contribution is 2.22. The molecule has 2 atom stereocenters. The molecule has 0 aliphatic carbocycles. The number of rotatable bonds is 24. The highest BCUT2D eigenvalue weighted by atomic mass is 16.5. The Balaban J connectivity index is 1.59. The molecule has 0 heterocycles. The first-order valence-corrected chi connectivity index (χ1v) is 15.3. The molecule has 2 aromatic rings. The summed E-state index contributed by atoms with van der Waals surface area (Å²) in [4.78, 5) is 0. The third-order valence-corrected chi connectivity index (χ3v) is 6.99. The Kier molecular flexibility index (Phi) is 18.6. The minimum absolute atomic E-state index is 0.424. The van der Waals surface area contributed by atoms with Crippen molar-refractivity contribution in [2.24, 2.45) is 0 Å². The van der Waals surface area contributed by atoms with E-state index in [1.54, 1.807) is 0 Å². The van der Waals surface area contributed by atoms with Crippen molar-refractivity contribution < 1.29 is 14.2 Å². The molecular formula is C34H54O3. The summed E-state index contributed by atoms with van der Waals surface area (Å²) in [7, 11) is 0. The summed E-state index contributed by atoms with van der Waals surface area (Å²) in [5.41, 5.74) is 0. The van der Waals surface area contributed by atoms with Gasteiger partial charge in [0.2, 0.25) is 0 Å². The normalized spacial score (nSPS) is 12.8. The second-order valence-corrected chi connectivity index (χ2v) is 10.4. The van der Waals surface area contributed by atoms with Crippen LogP contribution in [0.4, 0.5) is 0 Å². The van der Waals surface area contributed by atoms with Crippen molar-refractivity contribution >= 4 is 0 Å². The molecule has 37 heavy (non-hydrogen) atoms. The zero-order valence-corrected chi connectivity index (χ0v) is 23.9. The Morgan fingerprint density at radius 1 is 0.459 bits per heavy atom. The van der Waals surface area contributed by atoms with E-state index in [2.05, 4.69) is 13.8 Å². The number of hydrogen-bond acceptors (Lipinski definition) is 3. The Morgan fingerprint density at radius 2 is 0.892 bits per heavy atom. The van der Waals surface area contributed by atoms with Crippen LogP contribution in [-0.4, -0.2) is 25.4 Å². The number of benzene rings is 2. The van der Waals surface area contributed by atoms with E-state index in [1.807, 2.05) is 60.7 Å². The first-order chi connectivity index (χ1) is 18.3. The van der Waals surface area contributed by atoms with Crippen molar-refractivity contribution in [3.05, 3.63) is 60.7 Å². The quantitative estimate of drug-likeness (QED) is 0.131. The van der Waals surface area contributed by atoms with Crippen molar-refractivity contribution in [2.45, 2.75) is 129 Å². The summed E-state index contributed by atoms with van der Waals surface area (Å²) in [5.74, 6) is 1.96. The summed E-state index contributed by atoms with van der Waals surface area (Å²) in [6, 6.07) is 20.3. The molecule has 0 aliphatic rings. The molecule has 0 spiro atoms. The number of para-hydroxylation sites is 2. The lowest BCUT2D eigenvalue weighted by Gasteiger charge is -2.25. The number of ether oxygens (including phenoxy) is 3. The molecule has 208 valence electrons.